The van der Waals surface area contributed by atoms with Gasteiger partial charge < -0.3 is 4.74 Å². The molecule has 0 aromatic heterocycles. The summed E-state index contributed by atoms with van der Waals surface area (Å²) in [6.07, 6.45) is 0. The molecule has 1 aliphatic rings. The molecule has 2 N–H and O–H groups in total. The molecule has 0 aliphatic carbocycles. The molecule has 0 radical (unpaired) electrons. The minimum absolute atomic E-state index is 0.00801. The van der Waals surface area contributed by atoms with E-state index in [0.29, 0.717) is 11.6 Å². The van der Waals surface area contributed by atoms with Crippen LogP contribution in [-0.2, 0) is 19.6 Å². The predicted octanol–water partition coefficient (Wildman–Crippen LogP) is 3.62. The minimum atomic E-state index is -3.95. The number of benzene rings is 2. The average Bonchev–Trinajstić information content (AvgIpc) is 2.75. The lowest BCUT2D eigenvalue weighted by molar-refractivity contribution is -0.125. The number of carbonyl (C=O) groups excluding carboxylic acids is 1. The molecule has 1 heterocycles. The molecule has 0 spiro atoms. The van der Waals surface area contributed by atoms with Gasteiger partial charge in [0.2, 0.25) is 15.8 Å². The van der Waals surface area contributed by atoms with E-state index in [0.717, 1.165) is 12.1 Å². The van der Waals surface area contributed by atoms with E-state index in [4.69, 9.17) is 9.88 Å². The summed E-state index contributed by atoms with van der Waals surface area (Å²) < 4.78 is 56.4. The van der Waals surface area contributed by atoms with Gasteiger partial charge in [-0.25, -0.2) is 22.3 Å². The number of hydrogen-bond donors (Lipinski definition) is 1. The summed E-state index contributed by atoms with van der Waals surface area (Å²) in [6, 6.07) is 6.85. The van der Waals surface area contributed by atoms with Crippen LogP contribution in [0.25, 0.3) is 11.3 Å². The van der Waals surface area contributed by atoms with Crippen LogP contribution < -0.4 is 5.14 Å². The van der Waals surface area contributed by atoms with Gasteiger partial charge >= 0.3 is 0 Å². The van der Waals surface area contributed by atoms with Gasteiger partial charge in [0, 0.05) is 16.1 Å². The average molecular weight is 458 g/mol. The molecule has 0 saturated carbocycles. The van der Waals surface area contributed by atoms with Crippen LogP contribution in [0.15, 0.2) is 45.8 Å². The molecule has 0 bridgehead atoms. The van der Waals surface area contributed by atoms with E-state index in [-0.39, 0.29) is 26.3 Å². The molecule has 0 unspecified atom stereocenters. The Labute approximate surface area is 163 Å². The number of carbonyl (C=O) groups is 1. The number of ketones is 1. The molecule has 2 aromatic rings. The second-order valence-electron chi connectivity index (χ2n) is 6.49. The second kappa shape index (κ2) is 6.50. The van der Waals surface area contributed by atoms with Gasteiger partial charge in [-0.15, -0.1) is 0 Å². The predicted molar refractivity (Wildman–Crippen MR) is 98.9 cm³/mol. The van der Waals surface area contributed by atoms with Crippen molar-refractivity contribution < 1.29 is 26.7 Å². The normalized spacial score (nSPS) is 16.6. The van der Waals surface area contributed by atoms with Gasteiger partial charge in [0.1, 0.15) is 17.4 Å². The highest BCUT2D eigenvalue weighted by atomic mass is 79.9. The highest BCUT2D eigenvalue weighted by Gasteiger charge is 2.43. The van der Waals surface area contributed by atoms with Crippen LogP contribution in [-0.4, -0.2) is 19.8 Å². The third kappa shape index (κ3) is 3.67. The van der Waals surface area contributed by atoms with Gasteiger partial charge in [-0.05, 0) is 65.7 Å². The summed E-state index contributed by atoms with van der Waals surface area (Å²) in [5, 5.41) is 5.14. The number of ether oxygens (including phenoxy) is 1. The van der Waals surface area contributed by atoms with Crippen LogP contribution in [0, 0.1) is 11.6 Å². The van der Waals surface area contributed by atoms with E-state index in [1.807, 2.05) is 0 Å². The van der Waals surface area contributed by atoms with Gasteiger partial charge in [-0.1, -0.05) is 0 Å². The smallest absolute Gasteiger partial charge is 0.239 e. The highest BCUT2D eigenvalue weighted by molar-refractivity contribution is 9.10. The van der Waals surface area contributed by atoms with Crippen molar-refractivity contribution in [2.24, 2.45) is 5.14 Å². The maximum atomic E-state index is 13.7. The lowest BCUT2D eigenvalue weighted by Gasteiger charge is -2.18. The summed E-state index contributed by atoms with van der Waals surface area (Å²) in [6.45, 7) is 3.07. The molecule has 0 atom stereocenters. The number of Topliss-reactive ketones (excluding diaryl/α,β-unsaturated/α-hetero) is 1. The van der Waals surface area contributed by atoms with Crippen molar-refractivity contribution in [2.45, 2.75) is 24.3 Å². The fourth-order valence-corrected chi connectivity index (χ4v) is 4.44. The largest absolute Gasteiger partial charge is 0.478 e. The fraction of sp³-hybridized carbons (Fsp3) is 0.167. The van der Waals surface area contributed by atoms with E-state index in [1.165, 1.54) is 32.0 Å². The number of halogens is 3. The van der Waals surface area contributed by atoms with E-state index < -0.39 is 33.0 Å². The first-order valence-electron chi connectivity index (χ1n) is 7.67. The lowest BCUT2D eigenvalue weighted by Crippen LogP contribution is -2.29. The van der Waals surface area contributed by atoms with Crippen molar-refractivity contribution >= 4 is 43.1 Å². The second-order valence-corrected chi connectivity index (χ2v) is 8.88. The van der Waals surface area contributed by atoms with Gasteiger partial charge in [-0.3, -0.25) is 4.79 Å². The number of primary sulfonamides is 1. The Kier molecular flexibility index (Phi) is 4.73. The molecular weight excluding hydrogens is 444 g/mol. The zero-order valence-corrected chi connectivity index (χ0v) is 16.6. The Bertz CT molecular complexity index is 1090. The molecule has 0 amide bonds. The Morgan fingerprint density at radius 3 is 2.15 bits per heavy atom. The molecular formula is C18H14BrF2NO4S. The van der Waals surface area contributed by atoms with Crippen LogP contribution in [0.5, 0.6) is 0 Å². The summed E-state index contributed by atoms with van der Waals surface area (Å²) in [5.41, 5.74) is -0.857. The van der Waals surface area contributed by atoms with E-state index >= 15 is 0 Å². The monoisotopic (exact) mass is 457 g/mol. The van der Waals surface area contributed by atoms with E-state index in [9.17, 15) is 22.0 Å². The highest BCUT2D eigenvalue weighted by Crippen LogP contribution is 2.42. The van der Waals surface area contributed by atoms with Gasteiger partial charge in [-0.2, -0.15) is 0 Å². The molecule has 0 saturated heterocycles. The zero-order valence-electron chi connectivity index (χ0n) is 14.2. The molecule has 3 rings (SSSR count). The third-order valence-corrected chi connectivity index (χ3v) is 5.90. The summed E-state index contributed by atoms with van der Waals surface area (Å²) in [4.78, 5) is 12.6. The van der Waals surface area contributed by atoms with Crippen molar-refractivity contribution in [3.05, 3.63) is 63.6 Å². The topological polar surface area (TPSA) is 86.5 Å². The molecule has 0 fully saturated rings. The van der Waals surface area contributed by atoms with Crippen LogP contribution in [0.3, 0.4) is 0 Å². The van der Waals surface area contributed by atoms with Crippen molar-refractivity contribution in [3.8, 4) is 0 Å². The first-order chi connectivity index (χ1) is 12.4. The Balaban J connectivity index is 2.25. The van der Waals surface area contributed by atoms with Crippen LogP contribution in [0.1, 0.15) is 25.0 Å². The van der Waals surface area contributed by atoms with E-state index in [2.05, 4.69) is 15.9 Å². The zero-order chi connectivity index (χ0) is 20.1. The summed E-state index contributed by atoms with van der Waals surface area (Å²) in [5.74, 6) is -2.02. The maximum absolute atomic E-state index is 13.7. The number of hydrogen-bond acceptors (Lipinski definition) is 4. The van der Waals surface area contributed by atoms with Gasteiger partial charge in [0.05, 0.1) is 10.5 Å². The summed E-state index contributed by atoms with van der Waals surface area (Å²) >= 11 is 3.13. The SMILES string of the molecule is CC1(C)OC(c2ccc(S(N)(=O)=O)c(Br)c2)=C(c2cc(F)cc(F)c2)C1=O. The van der Waals surface area contributed by atoms with E-state index in [1.54, 1.807) is 0 Å². The molecule has 142 valence electrons. The first kappa shape index (κ1) is 19.7. The Morgan fingerprint density at radius 1 is 1.04 bits per heavy atom. The molecule has 1 aliphatic heterocycles. The number of nitrogens with two attached hydrogens (primary N) is 1. The van der Waals surface area contributed by atoms with Gasteiger partial charge in [0.15, 0.2) is 5.60 Å². The quantitative estimate of drug-likeness (QED) is 0.762. The van der Waals surface area contributed by atoms with Crippen LogP contribution in [0.2, 0.25) is 0 Å². The Hall–Kier alpha value is -2.10. The van der Waals surface area contributed by atoms with Crippen molar-refractivity contribution in [3.63, 3.8) is 0 Å². The minimum Gasteiger partial charge on any atom is -0.478 e. The standard InChI is InChI=1S/C18H14BrF2NO4S/c1-18(2)17(23)15(10-5-11(20)8-12(21)6-10)16(26-18)9-3-4-14(13(19)7-9)27(22,24)25/h3-8H,1-2H3,(H2,22,24,25). The molecule has 9 heteroatoms. The van der Waals surface area contributed by atoms with Crippen LogP contribution in [0.4, 0.5) is 8.78 Å². The van der Waals surface area contributed by atoms with Crippen LogP contribution >= 0.6 is 15.9 Å². The molecule has 2 aromatic carbocycles. The van der Waals surface area contributed by atoms with Crippen molar-refractivity contribution in [2.75, 3.05) is 0 Å². The van der Waals surface area contributed by atoms with Crippen molar-refractivity contribution in [1.82, 2.24) is 0 Å². The van der Waals surface area contributed by atoms with Gasteiger partial charge in [0.25, 0.3) is 0 Å². The summed E-state index contributed by atoms with van der Waals surface area (Å²) in [7, 11) is -3.95. The molecule has 5 nitrogen and oxygen atoms in total. The number of rotatable bonds is 3. The first-order valence-corrected chi connectivity index (χ1v) is 10.0. The molecule has 27 heavy (non-hydrogen) atoms. The number of sulfonamides is 1. The fourth-order valence-electron chi connectivity index (χ4n) is 2.79. The third-order valence-electron chi connectivity index (χ3n) is 4.01. The van der Waals surface area contributed by atoms with Crippen molar-refractivity contribution in [1.29, 1.82) is 0 Å². The Morgan fingerprint density at radius 2 is 1.63 bits per heavy atom. The maximum Gasteiger partial charge on any atom is 0.239 e. The lowest BCUT2D eigenvalue weighted by atomic mass is 9.92.